The zero-order chi connectivity index (χ0) is 9.97. The molecule has 72 valence electrons. The predicted molar refractivity (Wildman–Crippen MR) is 60.8 cm³/mol. The van der Waals surface area contributed by atoms with Gasteiger partial charge in [0.05, 0.1) is 0 Å². The number of aryl methyl sites for hydroxylation is 1. The maximum Gasteiger partial charge on any atom is 0.130 e. The highest BCUT2D eigenvalue weighted by Gasteiger charge is 2.02. The summed E-state index contributed by atoms with van der Waals surface area (Å²) >= 11 is 1.75. The van der Waals surface area contributed by atoms with Gasteiger partial charge < -0.3 is 4.79 Å². The first kappa shape index (κ1) is 9.41. The quantitative estimate of drug-likeness (QED) is 0.748. The van der Waals surface area contributed by atoms with Crippen LogP contribution in [0.1, 0.15) is 18.9 Å². The van der Waals surface area contributed by atoms with Crippen molar-refractivity contribution in [3.63, 3.8) is 0 Å². The van der Waals surface area contributed by atoms with Crippen molar-refractivity contribution in [2.24, 2.45) is 0 Å². The lowest BCUT2D eigenvalue weighted by Crippen LogP contribution is -1.93. The first-order valence-corrected chi connectivity index (χ1v) is 5.60. The number of thiophene rings is 1. The highest BCUT2D eigenvalue weighted by Crippen LogP contribution is 2.25. The van der Waals surface area contributed by atoms with Crippen molar-refractivity contribution in [1.29, 1.82) is 0 Å². The van der Waals surface area contributed by atoms with Crippen molar-refractivity contribution in [3.8, 4) is 0 Å². The molecule has 1 aromatic heterocycles. The SMILES string of the molecule is CC(=O)CCc1cccc2ccsc12. The van der Waals surface area contributed by atoms with Gasteiger partial charge in [0, 0.05) is 11.1 Å². The summed E-state index contributed by atoms with van der Waals surface area (Å²) in [6, 6.07) is 8.41. The molecule has 14 heavy (non-hydrogen) atoms. The van der Waals surface area contributed by atoms with Gasteiger partial charge in [-0.05, 0) is 35.7 Å². The van der Waals surface area contributed by atoms with Crippen LogP contribution in [0, 0.1) is 0 Å². The molecular weight excluding hydrogens is 192 g/mol. The summed E-state index contributed by atoms with van der Waals surface area (Å²) in [6.07, 6.45) is 1.52. The molecule has 2 aromatic rings. The van der Waals surface area contributed by atoms with Crippen LogP contribution in [0.3, 0.4) is 0 Å². The molecule has 0 N–H and O–H groups in total. The smallest absolute Gasteiger partial charge is 0.130 e. The van der Waals surface area contributed by atoms with Gasteiger partial charge in [-0.15, -0.1) is 11.3 Å². The van der Waals surface area contributed by atoms with E-state index in [0.29, 0.717) is 6.42 Å². The van der Waals surface area contributed by atoms with E-state index in [2.05, 4.69) is 29.6 Å². The average molecular weight is 204 g/mol. The third-order valence-electron chi connectivity index (χ3n) is 2.31. The molecular formula is C12H12OS. The molecule has 0 aliphatic heterocycles. The van der Waals surface area contributed by atoms with Gasteiger partial charge in [0.1, 0.15) is 5.78 Å². The van der Waals surface area contributed by atoms with Crippen LogP contribution in [0.25, 0.3) is 10.1 Å². The molecule has 0 aliphatic carbocycles. The predicted octanol–water partition coefficient (Wildman–Crippen LogP) is 3.42. The van der Waals surface area contributed by atoms with Crippen molar-refractivity contribution < 1.29 is 4.79 Å². The second-order valence-corrected chi connectivity index (χ2v) is 4.37. The molecule has 2 heteroatoms. The van der Waals surface area contributed by atoms with Crippen molar-refractivity contribution in [3.05, 3.63) is 35.2 Å². The number of carbonyl (C=O) groups is 1. The van der Waals surface area contributed by atoms with Gasteiger partial charge in [-0.1, -0.05) is 18.2 Å². The van der Waals surface area contributed by atoms with Crippen LogP contribution in [-0.4, -0.2) is 5.78 Å². The Morgan fingerprint density at radius 1 is 1.36 bits per heavy atom. The lowest BCUT2D eigenvalue weighted by Gasteiger charge is -2.00. The van der Waals surface area contributed by atoms with E-state index in [1.807, 2.05) is 0 Å². The zero-order valence-corrected chi connectivity index (χ0v) is 8.93. The molecule has 0 spiro atoms. The third-order valence-corrected chi connectivity index (χ3v) is 3.31. The first-order chi connectivity index (χ1) is 6.77. The topological polar surface area (TPSA) is 17.1 Å². The van der Waals surface area contributed by atoms with Gasteiger partial charge in [0.15, 0.2) is 0 Å². The Kier molecular flexibility index (Phi) is 2.64. The summed E-state index contributed by atoms with van der Waals surface area (Å²) in [7, 11) is 0. The largest absolute Gasteiger partial charge is 0.300 e. The van der Waals surface area contributed by atoms with Gasteiger partial charge in [0.2, 0.25) is 0 Å². The fraction of sp³-hybridized carbons (Fsp3) is 0.250. The molecule has 2 rings (SSSR count). The summed E-state index contributed by atoms with van der Waals surface area (Å²) in [5.74, 6) is 0.263. The number of carbonyl (C=O) groups excluding carboxylic acids is 1. The van der Waals surface area contributed by atoms with Crippen LogP contribution in [-0.2, 0) is 11.2 Å². The Bertz CT molecular complexity index is 456. The molecule has 0 saturated carbocycles. The van der Waals surface area contributed by atoms with E-state index in [4.69, 9.17) is 0 Å². The fourth-order valence-electron chi connectivity index (χ4n) is 1.56. The molecule has 1 aromatic carbocycles. The van der Waals surface area contributed by atoms with Crippen LogP contribution in [0.15, 0.2) is 29.6 Å². The Balaban J connectivity index is 2.32. The molecule has 1 heterocycles. The van der Waals surface area contributed by atoms with Crippen molar-refractivity contribution >= 4 is 27.2 Å². The van der Waals surface area contributed by atoms with E-state index in [1.165, 1.54) is 15.6 Å². The summed E-state index contributed by atoms with van der Waals surface area (Å²) in [5, 5.41) is 3.39. The highest BCUT2D eigenvalue weighted by molar-refractivity contribution is 7.17. The van der Waals surface area contributed by atoms with Crippen LogP contribution >= 0.6 is 11.3 Å². The number of ketones is 1. The standard InChI is InChI=1S/C12H12OS/c1-9(13)5-6-10-3-2-4-11-7-8-14-12(10)11/h2-4,7-8H,5-6H2,1H3. The number of hydrogen-bond donors (Lipinski definition) is 0. The van der Waals surface area contributed by atoms with Crippen LogP contribution in [0.4, 0.5) is 0 Å². The number of hydrogen-bond acceptors (Lipinski definition) is 2. The van der Waals surface area contributed by atoms with Gasteiger partial charge >= 0.3 is 0 Å². The maximum absolute atomic E-state index is 10.9. The van der Waals surface area contributed by atoms with E-state index in [-0.39, 0.29) is 5.78 Å². The number of benzene rings is 1. The molecule has 0 atom stereocenters. The van der Waals surface area contributed by atoms with Crippen LogP contribution in [0.5, 0.6) is 0 Å². The summed E-state index contributed by atoms with van der Waals surface area (Å²) in [5.41, 5.74) is 1.30. The van der Waals surface area contributed by atoms with Gasteiger partial charge in [-0.3, -0.25) is 0 Å². The molecule has 1 nitrogen and oxygen atoms in total. The lowest BCUT2D eigenvalue weighted by atomic mass is 10.1. The maximum atomic E-state index is 10.9. The number of fused-ring (bicyclic) bond motifs is 1. The zero-order valence-electron chi connectivity index (χ0n) is 8.12. The second-order valence-electron chi connectivity index (χ2n) is 3.46. The Morgan fingerprint density at radius 3 is 3.00 bits per heavy atom. The molecule has 0 saturated heterocycles. The van der Waals surface area contributed by atoms with Gasteiger partial charge in [-0.25, -0.2) is 0 Å². The van der Waals surface area contributed by atoms with E-state index in [1.54, 1.807) is 18.3 Å². The van der Waals surface area contributed by atoms with Gasteiger partial charge in [0.25, 0.3) is 0 Å². The third kappa shape index (κ3) is 1.85. The van der Waals surface area contributed by atoms with E-state index in [0.717, 1.165) is 6.42 Å². The Hall–Kier alpha value is -1.15. The average Bonchev–Trinajstić information content (AvgIpc) is 2.62. The minimum Gasteiger partial charge on any atom is -0.300 e. The number of rotatable bonds is 3. The molecule has 0 unspecified atom stereocenters. The Morgan fingerprint density at radius 2 is 2.21 bits per heavy atom. The van der Waals surface area contributed by atoms with E-state index in [9.17, 15) is 4.79 Å². The summed E-state index contributed by atoms with van der Waals surface area (Å²) < 4.78 is 1.33. The van der Waals surface area contributed by atoms with Crippen LogP contribution in [0.2, 0.25) is 0 Å². The van der Waals surface area contributed by atoms with Crippen molar-refractivity contribution in [2.75, 3.05) is 0 Å². The van der Waals surface area contributed by atoms with Crippen molar-refractivity contribution in [2.45, 2.75) is 19.8 Å². The fourth-order valence-corrected chi connectivity index (χ4v) is 2.51. The minimum atomic E-state index is 0.263. The second kappa shape index (κ2) is 3.93. The highest BCUT2D eigenvalue weighted by atomic mass is 32.1. The minimum absolute atomic E-state index is 0.263. The van der Waals surface area contributed by atoms with Crippen molar-refractivity contribution in [1.82, 2.24) is 0 Å². The molecule has 0 aliphatic rings. The first-order valence-electron chi connectivity index (χ1n) is 4.72. The number of Topliss-reactive ketones (excluding diaryl/α,β-unsaturated/α-hetero) is 1. The van der Waals surface area contributed by atoms with E-state index >= 15 is 0 Å². The summed E-state index contributed by atoms with van der Waals surface area (Å²) in [4.78, 5) is 10.9. The lowest BCUT2D eigenvalue weighted by molar-refractivity contribution is -0.116. The molecule has 0 bridgehead atoms. The van der Waals surface area contributed by atoms with Gasteiger partial charge in [-0.2, -0.15) is 0 Å². The Labute approximate surface area is 87.4 Å². The monoisotopic (exact) mass is 204 g/mol. The molecule has 0 fully saturated rings. The molecule has 0 radical (unpaired) electrons. The van der Waals surface area contributed by atoms with Crippen LogP contribution < -0.4 is 0 Å². The summed E-state index contributed by atoms with van der Waals surface area (Å²) in [6.45, 7) is 1.65. The normalized spacial score (nSPS) is 10.6. The van der Waals surface area contributed by atoms with E-state index < -0.39 is 0 Å². The molecule has 0 amide bonds.